The average Bonchev–Trinajstić information content (AvgIpc) is 3.46. The normalized spacial score (nSPS) is 17.9. The quantitative estimate of drug-likeness (QED) is 0.645. The molecule has 2 aromatic heterocycles. The first-order valence-corrected chi connectivity index (χ1v) is 11.3. The molecule has 0 bridgehead atoms. The number of carbonyl (C=O) groups excluding carboxylic acids is 1. The molecule has 0 radical (unpaired) electrons. The molecule has 1 amide bonds. The van der Waals surface area contributed by atoms with Crippen molar-refractivity contribution in [2.45, 2.75) is 58.3 Å². The molecule has 1 saturated heterocycles. The van der Waals surface area contributed by atoms with Crippen LogP contribution in [0.15, 0.2) is 0 Å². The first-order valence-electron chi connectivity index (χ1n) is 10.9. The van der Waals surface area contributed by atoms with Crippen LogP contribution in [0.1, 0.15) is 53.5 Å². The van der Waals surface area contributed by atoms with Gasteiger partial charge in [0, 0.05) is 63.4 Å². The summed E-state index contributed by atoms with van der Waals surface area (Å²) in [4.78, 5) is 16.8. The Balaban J connectivity index is 1.33. The van der Waals surface area contributed by atoms with E-state index in [1.165, 1.54) is 10.2 Å². The lowest BCUT2D eigenvalue weighted by atomic mass is 10.1. The van der Waals surface area contributed by atoms with E-state index in [1.54, 1.807) is 4.90 Å². The number of hydrogen-bond donors (Lipinski definition) is 0. The van der Waals surface area contributed by atoms with Gasteiger partial charge in [-0.2, -0.15) is 23.4 Å². The molecule has 11 heteroatoms. The van der Waals surface area contributed by atoms with Crippen LogP contribution in [0.3, 0.4) is 0 Å². The molecule has 2 aromatic rings. The maximum Gasteiger partial charge on any atom is 0.436 e. The van der Waals surface area contributed by atoms with Crippen LogP contribution in [-0.4, -0.2) is 61.4 Å². The molecule has 0 atom stereocenters. The van der Waals surface area contributed by atoms with Crippen LogP contribution in [0.5, 0.6) is 0 Å². The van der Waals surface area contributed by atoms with Crippen LogP contribution in [0.25, 0.3) is 0 Å². The van der Waals surface area contributed by atoms with E-state index in [1.807, 2.05) is 18.7 Å². The van der Waals surface area contributed by atoms with Crippen LogP contribution in [0, 0.1) is 13.8 Å². The highest BCUT2D eigenvalue weighted by molar-refractivity contribution is 6.32. The Kier molecular flexibility index (Phi) is 6.28. The minimum absolute atomic E-state index is 0.00383. The summed E-state index contributed by atoms with van der Waals surface area (Å²) in [6, 6.07) is 0. The van der Waals surface area contributed by atoms with Crippen molar-refractivity contribution in [1.82, 2.24) is 29.4 Å². The van der Waals surface area contributed by atoms with Crippen molar-refractivity contribution in [2.24, 2.45) is 7.05 Å². The molecule has 0 spiro atoms. The van der Waals surface area contributed by atoms with Crippen molar-refractivity contribution < 1.29 is 18.0 Å². The summed E-state index contributed by atoms with van der Waals surface area (Å²) >= 11 is 6.01. The van der Waals surface area contributed by atoms with E-state index in [0.29, 0.717) is 18.8 Å². The maximum absolute atomic E-state index is 13.2. The third-order valence-electron chi connectivity index (χ3n) is 6.47. The van der Waals surface area contributed by atoms with E-state index in [0.717, 1.165) is 43.9 Å². The van der Waals surface area contributed by atoms with Crippen LogP contribution in [0.4, 0.5) is 13.2 Å². The minimum atomic E-state index is -4.60. The molecule has 1 aliphatic carbocycles. The molecule has 32 heavy (non-hydrogen) atoms. The Labute approximate surface area is 190 Å². The van der Waals surface area contributed by atoms with Gasteiger partial charge < -0.3 is 4.90 Å². The largest absolute Gasteiger partial charge is 0.436 e. The molecule has 2 fully saturated rings. The first-order chi connectivity index (χ1) is 15.1. The number of rotatable bonds is 6. The number of halogens is 4. The molecule has 1 saturated carbocycles. The summed E-state index contributed by atoms with van der Waals surface area (Å²) < 4.78 is 42.8. The lowest BCUT2D eigenvalue weighted by molar-refractivity contribution is -0.141. The number of amides is 1. The van der Waals surface area contributed by atoms with Gasteiger partial charge in [0.1, 0.15) is 0 Å². The number of aryl methyl sites for hydroxylation is 3. The van der Waals surface area contributed by atoms with Gasteiger partial charge in [-0.15, -0.1) is 0 Å². The van der Waals surface area contributed by atoms with Crippen molar-refractivity contribution >= 4 is 17.5 Å². The Morgan fingerprint density at radius 3 is 2.31 bits per heavy atom. The van der Waals surface area contributed by atoms with Crippen molar-refractivity contribution in [3.63, 3.8) is 0 Å². The molecule has 0 N–H and O–H groups in total. The SMILES string of the molecule is Cc1nn(C)c(C)c1CN1CCN(C(=O)CCn2nc(C(F)(F)F)c(Cl)c2C2CC2)CC1. The van der Waals surface area contributed by atoms with E-state index in [-0.39, 0.29) is 29.8 Å². The first kappa shape index (κ1) is 23.1. The maximum atomic E-state index is 13.2. The molecule has 0 aromatic carbocycles. The zero-order valence-electron chi connectivity index (χ0n) is 18.5. The monoisotopic (exact) mass is 472 g/mol. The van der Waals surface area contributed by atoms with Gasteiger partial charge in [-0.1, -0.05) is 11.6 Å². The predicted octanol–water partition coefficient (Wildman–Crippen LogP) is 3.52. The number of alkyl halides is 3. The van der Waals surface area contributed by atoms with E-state index < -0.39 is 11.9 Å². The third kappa shape index (κ3) is 4.66. The topological polar surface area (TPSA) is 59.2 Å². The highest BCUT2D eigenvalue weighted by atomic mass is 35.5. The van der Waals surface area contributed by atoms with Gasteiger partial charge in [0.2, 0.25) is 5.91 Å². The molecular formula is C21H28ClF3N6O. The van der Waals surface area contributed by atoms with Gasteiger partial charge in [0.25, 0.3) is 0 Å². The second-order valence-electron chi connectivity index (χ2n) is 8.72. The van der Waals surface area contributed by atoms with Gasteiger partial charge in [-0.05, 0) is 26.7 Å². The fourth-order valence-corrected chi connectivity index (χ4v) is 4.73. The highest BCUT2D eigenvalue weighted by Crippen LogP contribution is 2.46. The predicted molar refractivity (Wildman–Crippen MR) is 113 cm³/mol. The second kappa shape index (κ2) is 8.70. The summed E-state index contributed by atoms with van der Waals surface area (Å²) in [5, 5.41) is 7.85. The summed E-state index contributed by atoms with van der Waals surface area (Å²) in [5.41, 5.74) is 2.74. The number of aromatic nitrogens is 4. The molecule has 3 heterocycles. The summed E-state index contributed by atoms with van der Waals surface area (Å²) in [5.74, 6) is -0.0653. The van der Waals surface area contributed by atoms with Crippen molar-refractivity contribution in [3.8, 4) is 0 Å². The lowest BCUT2D eigenvalue weighted by Gasteiger charge is -2.35. The fourth-order valence-electron chi connectivity index (χ4n) is 4.34. The van der Waals surface area contributed by atoms with Gasteiger partial charge in [-0.3, -0.25) is 19.1 Å². The lowest BCUT2D eigenvalue weighted by Crippen LogP contribution is -2.48. The van der Waals surface area contributed by atoms with Crippen LogP contribution in [-0.2, 0) is 31.1 Å². The van der Waals surface area contributed by atoms with Crippen molar-refractivity contribution in [3.05, 3.63) is 33.4 Å². The second-order valence-corrected chi connectivity index (χ2v) is 9.10. The molecule has 2 aliphatic rings. The Bertz CT molecular complexity index is 1000. The Morgan fingerprint density at radius 1 is 1.12 bits per heavy atom. The number of piperazine rings is 1. The van der Waals surface area contributed by atoms with E-state index in [4.69, 9.17) is 11.6 Å². The van der Waals surface area contributed by atoms with Crippen molar-refractivity contribution in [1.29, 1.82) is 0 Å². The van der Waals surface area contributed by atoms with E-state index in [9.17, 15) is 18.0 Å². The average molecular weight is 473 g/mol. The van der Waals surface area contributed by atoms with Gasteiger partial charge >= 0.3 is 6.18 Å². The van der Waals surface area contributed by atoms with Crippen molar-refractivity contribution in [2.75, 3.05) is 26.2 Å². The smallest absolute Gasteiger partial charge is 0.340 e. The number of carbonyl (C=O) groups is 1. The molecule has 7 nitrogen and oxygen atoms in total. The standard InChI is InChI=1S/C21H28ClF3N6O/c1-13-16(14(2)28(3)26-13)12-29-8-10-30(11-9-29)17(32)6-7-31-19(15-4-5-15)18(22)20(27-31)21(23,24)25/h15H,4-12H2,1-3H3. The number of hydrogen-bond acceptors (Lipinski definition) is 4. The molecule has 176 valence electrons. The zero-order valence-corrected chi connectivity index (χ0v) is 19.3. The van der Waals surface area contributed by atoms with E-state index >= 15 is 0 Å². The minimum Gasteiger partial charge on any atom is -0.340 e. The summed E-state index contributed by atoms with van der Waals surface area (Å²) in [6.45, 7) is 7.65. The number of nitrogens with zero attached hydrogens (tertiary/aromatic N) is 6. The summed E-state index contributed by atoms with van der Waals surface area (Å²) in [6.07, 6.45) is -2.89. The summed E-state index contributed by atoms with van der Waals surface area (Å²) in [7, 11) is 1.93. The van der Waals surface area contributed by atoms with Crippen LogP contribution >= 0.6 is 11.6 Å². The highest BCUT2D eigenvalue weighted by Gasteiger charge is 2.42. The zero-order chi connectivity index (χ0) is 23.2. The fraction of sp³-hybridized carbons (Fsp3) is 0.667. The van der Waals surface area contributed by atoms with E-state index in [2.05, 4.69) is 22.0 Å². The van der Waals surface area contributed by atoms with Gasteiger partial charge in [-0.25, -0.2) is 0 Å². The Morgan fingerprint density at radius 2 is 1.78 bits per heavy atom. The van der Waals surface area contributed by atoms with Crippen LogP contribution < -0.4 is 0 Å². The molecule has 0 unspecified atom stereocenters. The third-order valence-corrected chi connectivity index (χ3v) is 6.84. The molecule has 1 aliphatic heterocycles. The Hall–Kier alpha value is -2.07. The van der Waals surface area contributed by atoms with Gasteiger partial charge in [0.05, 0.1) is 23.0 Å². The molecule has 4 rings (SSSR count). The van der Waals surface area contributed by atoms with Crippen LogP contribution in [0.2, 0.25) is 5.02 Å². The van der Waals surface area contributed by atoms with Gasteiger partial charge in [0.15, 0.2) is 5.69 Å². The molecular weight excluding hydrogens is 445 g/mol.